The second kappa shape index (κ2) is 4.99. The summed E-state index contributed by atoms with van der Waals surface area (Å²) in [4.78, 5) is 24.8. The van der Waals surface area contributed by atoms with E-state index in [9.17, 15) is 13.8 Å². The van der Waals surface area contributed by atoms with Crippen LogP contribution in [0.2, 0.25) is 10.0 Å². The molecule has 2 atom stereocenters. The molecule has 0 spiro atoms. The first-order valence-electron chi connectivity index (χ1n) is 5.11. The summed E-state index contributed by atoms with van der Waals surface area (Å²) < 4.78 is 11.5. The van der Waals surface area contributed by atoms with Crippen LogP contribution in [0.3, 0.4) is 0 Å². The molecule has 1 aromatic carbocycles. The molecule has 1 aromatic rings. The highest BCUT2D eigenvalue weighted by Gasteiger charge is 2.39. The summed E-state index contributed by atoms with van der Waals surface area (Å²) in [5.74, 6) is -1.29. The van der Waals surface area contributed by atoms with Crippen LogP contribution in [0.15, 0.2) is 18.2 Å². The van der Waals surface area contributed by atoms with E-state index in [4.69, 9.17) is 23.2 Å². The Balaban J connectivity index is 2.53. The zero-order chi connectivity index (χ0) is 13.4. The van der Waals surface area contributed by atoms with E-state index < -0.39 is 27.9 Å². The molecule has 18 heavy (non-hydrogen) atoms. The Morgan fingerprint density at radius 1 is 1.28 bits per heavy atom. The van der Waals surface area contributed by atoms with Gasteiger partial charge in [-0.3, -0.25) is 13.8 Å². The third-order valence-corrected chi connectivity index (χ3v) is 4.77. The minimum atomic E-state index is -1.48. The molecule has 1 fully saturated rings. The monoisotopic (exact) mass is 305 g/mol. The van der Waals surface area contributed by atoms with Gasteiger partial charge in [0.25, 0.3) is 0 Å². The van der Waals surface area contributed by atoms with E-state index in [1.165, 1.54) is 6.92 Å². The van der Waals surface area contributed by atoms with Gasteiger partial charge in [0.05, 0.1) is 15.7 Å². The summed E-state index contributed by atoms with van der Waals surface area (Å²) in [6, 6.07) is 4.70. The summed E-state index contributed by atoms with van der Waals surface area (Å²) >= 11 is 11.9. The number of carbonyl (C=O) groups is 2. The lowest BCUT2D eigenvalue weighted by molar-refractivity contribution is -0.125. The van der Waals surface area contributed by atoms with Crippen molar-refractivity contribution in [2.75, 3.05) is 10.7 Å². The fourth-order valence-electron chi connectivity index (χ4n) is 1.67. The smallest absolute Gasteiger partial charge is 0.249 e. The molecule has 0 saturated carbocycles. The first kappa shape index (κ1) is 13.5. The maximum absolute atomic E-state index is 12.0. The summed E-state index contributed by atoms with van der Waals surface area (Å²) in [5.41, 5.74) is 0.166. The molecule has 7 heteroatoms. The van der Waals surface area contributed by atoms with Crippen LogP contribution >= 0.6 is 23.2 Å². The number of hydrogen-bond donors (Lipinski definition) is 0. The molecule has 1 aliphatic rings. The van der Waals surface area contributed by atoms with Gasteiger partial charge >= 0.3 is 0 Å². The number of hydrogen-bond acceptors (Lipinski definition) is 3. The second-order valence-corrected chi connectivity index (χ2v) is 6.38. The fourth-order valence-corrected chi connectivity index (χ4v) is 3.19. The van der Waals surface area contributed by atoms with Crippen molar-refractivity contribution in [2.24, 2.45) is 0 Å². The highest BCUT2D eigenvalue weighted by Crippen LogP contribution is 2.35. The topological polar surface area (TPSA) is 54.5 Å². The van der Waals surface area contributed by atoms with Gasteiger partial charge in [-0.25, -0.2) is 4.90 Å². The van der Waals surface area contributed by atoms with E-state index in [2.05, 4.69) is 0 Å². The van der Waals surface area contributed by atoms with Crippen molar-refractivity contribution in [3.05, 3.63) is 28.2 Å². The van der Waals surface area contributed by atoms with Crippen LogP contribution in [-0.2, 0) is 20.4 Å². The minimum Gasteiger partial charge on any atom is -0.273 e. The Morgan fingerprint density at radius 2 is 1.83 bits per heavy atom. The molecule has 2 amide bonds. The van der Waals surface area contributed by atoms with Crippen LogP contribution in [0.1, 0.15) is 6.92 Å². The summed E-state index contributed by atoms with van der Waals surface area (Å²) in [6.07, 6.45) is 0. The van der Waals surface area contributed by atoms with Gasteiger partial charge in [0.15, 0.2) is 0 Å². The number of nitrogens with zero attached hydrogens (tertiary/aromatic N) is 1. The average molecular weight is 306 g/mol. The van der Waals surface area contributed by atoms with E-state index >= 15 is 0 Å². The van der Waals surface area contributed by atoms with Crippen LogP contribution in [-0.4, -0.2) is 27.0 Å². The number of benzene rings is 1. The predicted molar refractivity (Wildman–Crippen MR) is 71.4 cm³/mol. The van der Waals surface area contributed by atoms with E-state index in [-0.39, 0.29) is 21.5 Å². The standard InChI is InChI=1S/C11H9Cl2NO3S/c1-6-11(16)14(9(15)5-18(6)17)10-7(12)3-2-4-8(10)13/h2-4,6H,5H2,1H3/t6-,18+/m1/s1. The molecule has 0 aromatic heterocycles. The van der Waals surface area contributed by atoms with E-state index in [0.717, 1.165) is 4.90 Å². The molecule has 0 N–H and O–H groups in total. The maximum Gasteiger partial charge on any atom is 0.249 e. The van der Waals surface area contributed by atoms with Gasteiger partial charge in [0, 0.05) is 10.8 Å². The zero-order valence-electron chi connectivity index (χ0n) is 9.35. The third-order valence-electron chi connectivity index (χ3n) is 2.64. The largest absolute Gasteiger partial charge is 0.273 e. The molecule has 4 nitrogen and oxygen atoms in total. The van der Waals surface area contributed by atoms with Gasteiger partial charge in [-0.05, 0) is 19.1 Å². The lowest BCUT2D eigenvalue weighted by Gasteiger charge is -2.29. The number of carbonyl (C=O) groups excluding carboxylic acids is 2. The highest BCUT2D eigenvalue weighted by atomic mass is 35.5. The second-order valence-electron chi connectivity index (χ2n) is 3.80. The van der Waals surface area contributed by atoms with Crippen LogP contribution in [0, 0.1) is 0 Å². The van der Waals surface area contributed by atoms with Crippen molar-refractivity contribution in [3.8, 4) is 0 Å². The molecular weight excluding hydrogens is 297 g/mol. The van der Waals surface area contributed by atoms with Gasteiger partial charge in [-0.1, -0.05) is 29.3 Å². The zero-order valence-corrected chi connectivity index (χ0v) is 11.7. The van der Waals surface area contributed by atoms with Crippen molar-refractivity contribution in [1.82, 2.24) is 0 Å². The Bertz CT molecular complexity index is 541. The average Bonchev–Trinajstić information content (AvgIpc) is 2.30. The number of halogens is 2. The van der Waals surface area contributed by atoms with E-state index in [1.54, 1.807) is 18.2 Å². The number of amides is 2. The molecule has 0 unspecified atom stereocenters. The van der Waals surface area contributed by atoms with Crippen molar-refractivity contribution in [3.63, 3.8) is 0 Å². The summed E-state index contributed by atoms with van der Waals surface area (Å²) in [5, 5.41) is -0.316. The van der Waals surface area contributed by atoms with Crippen LogP contribution in [0.25, 0.3) is 0 Å². The van der Waals surface area contributed by atoms with Crippen LogP contribution in [0.4, 0.5) is 5.69 Å². The Hall–Kier alpha value is -0.910. The number of imide groups is 1. The maximum atomic E-state index is 12.0. The number of para-hydroxylation sites is 1. The quantitative estimate of drug-likeness (QED) is 0.746. The SMILES string of the molecule is C[C@@H]1C(=O)N(c2c(Cl)cccc2Cl)C(=O)C[S@@]1=O. The lowest BCUT2D eigenvalue weighted by Crippen LogP contribution is -2.52. The van der Waals surface area contributed by atoms with Crippen LogP contribution < -0.4 is 4.90 Å². The van der Waals surface area contributed by atoms with E-state index in [1.807, 2.05) is 0 Å². The normalized spacial score (nSPS) is 24.5. The van der Waals surface area contributed by atoms with Crippen molar-refractivity contribution in [1.29, 1.82) is 0 Å². The highest BCUT2D eigenvalue weighted by molar-refractivity contribution is 7.87. The van der Waals surface area contributed by atoms with Crippen LogP contribution in [0.5, 0.6) is 0 Å². The molecule has 1 saturated heterocycles. The van der Waals surface area contributed by atoms with Gasteiger partial charge in [-0.2, -0.15) is 0 Å². The summed E-state index contributed by atoms with van der Waals surface area (Å²) in [6.45, 7) is 1.52. The van der Waals surface area contributed by atoms with Crippen molar-refractivity contribution < 1.29 is 13.8 Å². The lowest BCUT2D eigenvalue weighted by atomic mass is 10.2. The molecule has 0 bridgehead atoms. The molecule has 1 heterocycles. The Kier molecular flexibility index (Phi) is 3.75. The number of anilines is 1. The predicted octanol–water partition coefficient (Wildman–Crippen LogP) is 2.00. The molecule has 2 rings (SSSR count). The van der Waals surface area contributed by atoms with Crippen molar-refractivity contribution in [2.45, 2.75) is 12.2 Å². The summed E-state index contributed by atoms with van der Waals surface area (Å²) in [7, 11) is -1.48. The van der Waals surface area contributed by atoms with E-state index in [0.29, 0.717) is 0 Å². The minimum absolute atomic E-state index is 0.166. The Labute approximate surface area is 116 Å². The molecule has 0 radical (unpaired) electrons. The fraction of sp³-hybridized carbons (Fsp3) is 0.273. The first-order chi connectivity index (χ1) is 8.43. The third kappa shape index (κ3) is 2.18. The van der Waals surface area contributed by atoms with Gasteiger partial charge in [0.1, 0.15) is 11.0 Å². The van der Waals surface area contributed by atoms with Gasteiger partial charge in [-0.15, -0.1) is 0 Å². The molecule has 96 valence electrons. The first-order valence-corrected chi connectivity index (χ1v) is 7.25. The molecule has 0 aliphatic carbocycles. The van der Waals surface area contributed by atoms with Gasteiger partial charge < -0.3 is 0 Å². The molecule has 1 aliphatic heterocycles. The number of rotatable bonds is 1. The molecular formula is C11H9Cl2NO3S. The Morgan fingerprint density at radius 3 is 2.39 bits per heavy atom. The van der Waals surface area contributed by atoms with Gasteiger partial charge in [0.2, 0.25) is 11.8 Å². The van der Waals surface area contributed by atoms with Crippen molar-refractivity contribution >= 4 is 51.5 Å².